The van der Waals surface area contributed by atoms with Crippen LogP contribution >= 0.6 is 0 Å². The molecule has 7 heteroatoms. The van der Waals surface area contributed by atoms with Gasteiger partial charge in [0.2, 0.25) is 0 Å². The summed E-state index contributed by atoms with van der Waals surface area (Å²) in [6, 6.07) is 12.2. The van der Waals surface area contributed by atoms with E-state index in [-0.39, 0.29) is 0 Å². The van der Waals surface area contributed by atoms with E-state index in [2.05, 4.69) is 63.3 Å². The van der Waals surface area contributed by atoms with Gasteiger partial charge in [-0.3, -0.25) is 10.1 Å². The zero-order chi connectivity index (χ0) is 23.1. The largest absolute Gasteiger partial charge is 0.358 e. The average molecular weight is 446 g/mol. The minimum Gasteiger partial charge on any atom is -0.358 e. The molecular weight excluding hydrogens is 422 g/mol. The first-order valence-electron chi connectivity index (χ1n) is 11.3. The number of rotatable bonds is 6. The maximum Gasteiger partial charge on any atom is 0.161 e. The summed E-state index contributed by atoms with van der Waals surface area (Å²) in [7, 11) is 0. The number of anilines is 1. The van der Waals surface area contributed by atoms with Gasteiger partial charge in [0.15, 0.2) is 11.5 Å². The standard InChI is InChI=1S/C27H23N7/c1-3-16(2)29-19-13-18(14-28-15-19)21-11-12-23-25(30-21)26(34-33-23)27-31-22-10-6-9-20(24(22)32-27)17-7-4-5-8-17/h4,6-15,29H,2-3,5H2,1H3,(H,31,32)(H,33,34). The van der Waals surface area contributed by atoms with Crippen LogP contribution < -0.4 is 5.32 Å². The highest BCUT2D eigenvalue weighted by atomic mass is 15.1. The summed E-state index contributed by atoms with van der Waals surface area (Å²) in [4.78, 5) is 17.7. The number of imidazole rings is 1. The molecule has 0 radical (unpaired) electrons. The molecule has 0 fully saturated rings. The SMILES string of the molecule is C=C(CC)Nc1cncc(-c2ccc3[nH]nc(-c4nc5c(C6=CCC=C6)cccc5[nH]4)c3n2)c1. The molecule has 1 aliphatic carbocycles. The molecule has 0 saturated heterocycles. The van der Waals surface area contributed by atoms with Crippen molar-refractivity contribution in [1.29, 1.82) is 0 Å². The lowest BCUT2D eigenvalue weighted by Crippen LogP contribution is -1.97. The third-order valence-electron chi connectivity index (χ3n) is 6.01. The first-order chi connectivity index (χ1) is 16.7. The third kappa shape index (κ3) is 3.47. The molecule has 0 unspecified atom stereocenters. The van der Waals surface area contributed by atoms with E-state index >= 15 is 0 Å². The fourth-order valence-corrected chi connectivity index (χ4v) is 4.20. The summed E-state index contributed by atoms with van der Waals surface area (Å²) in [6.07, 6.45) is 11.9. The number of nitrogens with zero attached hydrogens (tertiary/aromatic N) is 4. The van der Waals surface area contributed by atoms with Crippen molar-refractivity contribution in [3.63, 3.8) is 0 Å². The Morgan fingerprint density at radius 1 is 1.09 bits per heavy atom. The maximum absolute atomic E-state index is 4.93. The van der Waals surface area contributed by atoms with Crippen LogP contribution in [-0.2, 0) is 0 Å². The van der Waals surface area contributed by atoms with Crippen LogP contribution in [0.5, 0.6) is 0 Å². The Hall–Kier alpha value is -4.52. The third-order valence-corrected chi connectivity index (χ3v) is 6.01. The summed E-state index contributed by atoms with van der Waals surface area (Å²) < 4.78 is 0. The van der Waals surface area contributed by atoms with E-state index in [9.17, 15) is 0 Å². The van der Waals surface area contributed by atoms with Crippen LogP contribution in [0.15, 0.2) is 79.3 Å². The molecule has 0 atom stereocenters. The van der Waals surface area contributed by atoms with Crippen LogP contribution in [0, 0.1) is 0 Å². The number of nitrogens with one attached hydrogen (secondary N) is 3. The molecular formula is C27H23N7. The van der Waals surface area contributed by atoms with Gasteiger partial charge in [0.1, 0.15) is 5.52 Å². The predicted octanol–water partition coefficient (Wildman–Crippen LogP) is 6.24. The smallest absolute Gasteiger partial charge is 0.161 e. The molecule has 6 rings (SSSR count). The van der Waals surface area contributed by atoms with Crippen molar-refractivity contribution >= 4 is 33.3 Å². The van der Waals surface area contributed by atoms with Crippen LogP contribution in [0.4, 0.5) is 5.69 Å². The molecule has 0 saturated carbocycles. The van der Waals surface area contributed by atoms with Gasteiger partial charge in [0.05, 0.1) is 34.1 Å². The van der Waals surface area contributed by atoms with Gasteiger partial charge in [-0.25, -0.2) is 9.97 Å². The highest BCUT2D eigenvalue weighted by Gasteiger charge is 2.17. The number of allylic oxidation sites excluding steroid dienone is 5. The van der Waals surface area contributed by atoms with Gasteiger partial charge in [-0.2, -0.15) is 5.10 Å². The number of para-hydroxylation sites is 1. The number of benzene rings is 1. The number of hydrogen-bond acceptors (Lipinski definition) is 5. The summed E-state index contributed by atoms with van der Waals surface area (Å²) in [5.41, 5.74) is 10.1. The van der Waals surface area contributed by atoms with E-state index < -0.39 is 0 Å². The molecule has 166 valence electrons. The van der Waals surface area contributed by atoms with E-state index in [0.29, 0.717) is 11.5 Å². The molecule has 7 nitrogen and oxygen atoms in total. The highest BCUT2D eigenvalue weighted by Crippen LogP contribution is 2.32. The Labute approximate surface area is 196 Å². The molecule has 1 aromatic carbocycles. The average Bonchev–Trinajstić information content (AvgIpc) is 3.62. The number of aromatic amines is 2. The van der Waals surface area contributed by atoms with Crippen molar-refractivity contribution in [3.8, 4) is 22.8 Å². The van der Waals surface area contributed by atoms with Gasteiger partial charge in [0.25, 0.3) is 0 Å². The Balaban J connectivity index is 1.43. The number of fused-ring (bicyclic) bond motifs is 2. The molecule has 3 N–H and O–H groups in total. The molecule has 0 aliphatic heterocycles. The van der Waals surface area contributed by atoms with E-state index in [1.807, 2.05) is 36.5 Å². The molecule has 0 spiro atoms. The second-order valence-electron chi connectivity index (χ2n) is 8.29. The molecule has 0 amide bonds. The van der Waals surface area contributed by atoms with E-state index in [0.717, 1.165) is 63.1 Å². The first kappa shape index (κ1) is 20.1. The fraction of sp³-hybridized carbons (Fsp3) is 0.111. The van der Waals surface area contributed by atoms with Gasteiger partial charge in [0, 0.05) is 23.0 Å². The zero-order valence-electron chi connectivity index (χ0n) is 18.8. The highest BCUT2D eigenvalue weighted by molar-refractivity contribution is 5.96. The minimum atomic E-state index is 0.689. The van der Waals surface area contributed by atoms with Gasteiger partial charge >= 0.3 is 0 Å². The van der Waals surface area contributed by atoms with Crippen molar-refractivity contribution in [2.45, 2.75) is 19.8 Å². The lowest BCUT2D eigenvalue weighted by atomic mass is 10.1. The Bertz CT molecular complexity index is 1620. The quantitative estimate of drug-likeness (QED) is 0.287. The molecule has 34 heavy (non-hydrogen) atoms. The van der Waals surface area contributed by atoms with Crippen LogP contribution in [0.25, 0.3) is 50.4 Å². The molecule has 1 aliphatic rings. The molecule has 4 heterocycles. The van der Waals surface area contributed by atoms with Crippen molar-refractivity contribution < 1.29 is 0 Å². The molecule has 4 aromatic heterocycles. The second-order valence-corrected chi connectivity index (χ2v) is 8.29. The number of aromatic nitrogens is 6. The van der Waals surface area contributed by atoms with E-state index in [4.69, 9.17) is 9.97 Å². The summed E-state index contributed by atoms with van der Waals surface area (Å²) in [6.45, 7) is 6.08. The zero-order valence-corrected chi connectivity index (χ0v) is 18.8. The lowest BCUT2D eigenvalue weighted by Gasteiger charge is -2.08. The summed E-state index contributed by atoms with van der Waals surface area (Å²) in [5.74, 6) is 0.689. The number of pyridine rings is 2. The summed E-state index contributed by atoms with van der Waals surface area (Å²) >= 11 is 0. The van der Waals surface area contributed by atoms with Crippen molar-refractivity contribution in [3.05, 3.63) is 84.9 Å². The van der Waals surface area contributed by atoms with Crippen LogP contribution in [0.3, 0.4) is 0 Å². The molecule has 0 bridgehead atoms. The van der Waals surface area contributed by atoms with E-state index in [1.165, 1.54) is 5.57 Å². The first-order valence-corrected chi connectivity index (χ1v) is 11.3. The van der Waals surface area contributed by atoms with Crippen molar-refractivity contribution in [2.24, 2.45) is 0 Å². The predicted molar refractivity (Wildman–Crippen MR) is 137 cm³/mol. The van der Waals surface area contributed by atoms with E-state index in [1.54, 1.807) is 6.20 Å². The van der Waals surface area contributed by atoms with Crippen LogP contribution in [0.2, 0.25) is 0 Å². The monoisotopic (exact) mass is 445 g/mol. The normalized spacial score (nSPS) is 13.0. The number of hydrogen-bond donors (Lipinski definition) is 3. The van der Waals surface area contributed by atoms with Gasteiger partial charge in [-0.1, -0.05) is 43.9 Å². The van der Waals surface area contributed by atoms with Gasteiger partial charge in [-0.15, -0.1) is 0 Å². The van der Waals surface area contributed by atoms with Crippen molar-refractivity contribution in [1.82, 2.24) is 30.1 Å². The lowest BCUT2D eigenvalue weighted by molar-refractivity contribution is 1.10. The van der Waals surface area contributed by atoms with Crippen molar-refractivity contribution in [2.75, 3.05) is 5.32 Å². The Morgan fingerprint density at radius 2 is 2.03 bits per heavy atom. The fourth-order valence-electron chi connectivity index (χ4n) is 4.20. The topological polar surface area (TPSA) is 95.2 Å². The second kappa shape index (κ2) is 8.12. The van der Waals surface area contributed by atoms with Gasteiger partial charge < -0.3 is 10.3 Å². The Kier molecular flexibility index (Phi) is 4.80. The molecule has 5 aromatic rings. The van der Waals surface area contributed by atoms with Gasteiger partial charge in [-0.05, 0) is 42.7 Å². The number of H-pyrrole nitrogens is 2. The minimum absolute atomic E-state index is 0.689. The van der Waals surface area contributed by atoms with Crippen LogP contribution in [-0.4, -0.2) is 30.1 Å². The summed E-state index contributed by atoms with van der Waals surface area (Å²) in [5, 5.41) is 10.9. The maximum atomic E-state index is 4.93. The Morgan fingerprint density at radius 3 is 2.88 bits per heavy atom. The van der Waals surface area contributed by atoms with Crippen LogP contribution in [0.1, 0.15) is 25.3 Å².